The van der Waals surface area contributed by atoms with Crippen molar-refractivity contribution in [3.63, 3.8) is 0 Å². The average molecular weight is 126 g/mol. The molecule has 0 aromatic rings. The zero-order chi connectivity index (χ0) is 7.28. The molecule has 0 unspecified atom stereocenters. The topological polar surface area (TPSA) is 37.3 Å². The Balaban J connectivity index is 3.74. The van der Waals surface area contributed by atoms with E-state index in [1.807, 2.05) is 13.8 Å². The van der Waals surface area contributed by atoms with E-state index in [0.717, 1.165) is 5.57 Å². The van der Waals surface area contributed by atoms with Crippen LogP contribution in [0.1, 0.15) is 20.3 Å². The second kappa shape index (κ2) is 3.93. The van der Waals surface area contributed by atoms with Crippen LogP contribution in [0.25, 0.3) is 0 Å². The van der Waals surface area contributed by atoms with Crippen LogP contribution >= 0.6 is 0 Å². The van der Waals surface area contributed by atoms with E-state index in [4.69, 9.17) is 5.11 Å². The highest BCUT2D eigenvalue weighted by molar-refractivity contribution is 5.68. The molecule has 0 aliphatic rings. The summed E-state index contributed by atoms with van der Waals surface area (Å²) in [4.78, 5) is 9.90. The fourth-order valence-corrected chi connectivity index (χ4v) is 0.342. The van der Waals surface area contributed by atoms with Crippen molar-refractivity contribution >= 4 is 5.97 Å². The van der Waals surface area contributed by atoms with Gasteiger partial charge in [-0.1, -0.05) is 0 Å². The van der Waals surface area contributed by atoms with Gasteiger partial charge in [-0.3, -0.25) is 4.79 Å². The molecule has 0 bridgehead atoms. The number of carboxylic acids is 1. The molecule has 0 saturated heterocycles. The van der Waals surface area contributed by atoms with Crippen LogP contribution in [0, 0.1) is 0 Å². The molecule has 1 N–H and O–H groups in total. The maximum Gasteiger partial charge on any atom is 0.307 e. The minimum atomic E-state index is -0.816. The van der Waals surface area contributed by atoms with Crippen LogP contribution in [-0.4, -0.2) is 11.1 Å². The maximum absolute atomic E-state index is 9.90. The van der Waals surface area contributed by atoms with Crippen molar-refractivity contribution in [3.05, 3.63) is 17.4 Å². The fraction of sp³-hybridized carbons (Fsp3) is 0.429. The molecule has 0 aromatic carbocycles. The number of hydrogen-bond donors (Lipinski definition) is 1. The molecule has 50 valence electrons. The van der Waals surface area contributed by atoms with Crippen LogP contribution in [0.4, 0.5) is 0 Å². The summed E-state index contributed by atoms with van der Waals surface area (Å²) in [5, 5.41) is 8.15. The highest BCUT2D eigenvalue weighted by Crippen LogP contribution is 1.85. The van der Waals surface area contributed by atoms with Gasteiger partial charge in [0.15, 0.2) is 0 Å². The molecular weight excluding hydrogens is 116 g/mol. The molecule has 0 amide bonds. The molecule has 2 nitrogen and oxygen atoms in total. The molecule has 0 saturated carbocycles. The molecule has 0 atom stereocenters. The summed E-state index contributed by atoms with van der Waals surface area (Å²) >= 11 is 0. The normalized spacial score (nSPS) is 7.78. The van der Waals surface area contributed by atoms with Gasteiger partial charge in [-0.05, 0) is 25.5 Å². The van der Waals surface area contributed by atoms with Crippen molar-refractivity contribution in [1.29, 1.82) is 0 Å². The number of rotatable bonds is 2. The van der Waals surface area contributed by atoms with Gasteiger partial charge in [-0.2, -0.15) is 0 Å². The lowest BCUT2D eigenvalue weighted by molar-refractivity contribution is -0.135. The first kappa shape index (κ1) is 7.99. The molecule has 2 heteroatoms. The third-order valence-corrected chi connectivity index (χ3v) is 0.667. The second-order valence-electron chi connectivity index (χ2n) is 1.95. The van der Waals surface area contributed by atoms with Crippen molar-refractivity contribution in [3.8, 4) is 0 Å². The molecule has 0 aliphatic heterocycles. The molecule has 0 heterocycles. The van der Waals surface area contributed by atoms with Gasteiger partial charge in [-0.25, -0.2) is 0 Å². The third-order valence-electron chi connectivity index (χ3n) is 0.667. The van der Waals surface area contributed by atoms with Gasteiger partial charge in [0.2, 0.25) is 0 Å². The van der Waals surface area contributed by atoms with Crippen LogP contribution in [0.2, 0.25) is 0 Å². The monoisotopic (exact) mass is 126 g/mol. The standard InChI is InChI=1S/C7H10O2/c1-6(2)4-3-5-7(8)9/h3H,5H2,1-2H3,(H,8,9). The highest BCUT2D eigenvalue weighted by atomic mass is 16.4. The van der Waals surface area contributed by atoms with Gasteiger partial charge in [0.05, 0.1) is 6.42 Å². The number of aliphatic carboxylic acids is 1. The maximum atomic E-state index is 9.90. The van der Waals surface area contributed by atoms with Crippen molar-refractivity contribution in [2.24, 2.45) is 0 Å². The number of hydrogen-bond acceptors (Lipinski definition) is 1. The Morgan fingerprint density at radius 2 is 2.22 bits per heavy atom. The van der Waals surface area contributed by atoms with Crippen molar-refractivity contribution in [2.45, 2.75) is 20.3 Å². The molecule has 0 radical (unpaired) electrons. The summed E-state index contributed by atoms with van der Waals surface area (Å²) in [6, 6.07) is 0. The Morgan fingerprint density at radius 1 is 1.67 bits per heavy atom. The lowest BCUT2D eigenvalue weighted by Gasteiger charge is -1.79. The van der Waals surface area contributed by atoms with Gasteiger partial charge < -0.3 is 5.11 Å². The summed E-state index contributed by atoms with van der Waals surface area (Å²) in [6.07, 6.45) is 1.57. The molecular formula is C7H10O2. The first-order valence-corrected chi connectivity index (χ1v) is 2.73. The first-order valence-electron chi connectivity index (χ1n) is 2.73. The Kier molecular flexibility index (Phi) is 3.49. The van der Waals surface area contributed by atoms with E-state index in [0.29, 0.717) is 0 Å². The van der Waals surface area contributed by atoms with E-state index in [-0.39, 0.29) is 6.42 Å². The summed E-state index contributed by atoms with van der Waals surface area (Å²) < 4.78 is 0. The van der Waals surface area contributed by atoms with Gasteiger partial charge >= 0.3 is 5.97 Å². The van der Waals surface area contributed by atoms with E-state index >= 15 is 0 Å². The summed E-state index contributed by atoms with van der Waals surface area (Å²) in [5.74, 6) is -0.816. The highest BCUT2D eigenvalue weighted by Gasteiger charge is 1.86. The smallest absolute Gasteiger partial charge is 0.307 e. The van der Waals surface area contributed by atoms with Crippen LogP contribution in [0.3, 0.4) is 0 Å². The SMILES string of the molecule is CC(C)=C=CCC(=O)O. The lowest BCUT2D eigenvalue weighted by Crippen LogP contribution is -1.88. The van der Waals surface area contributed by atoms with Crippen molar-refractivity contribution in [2.75, 3.05) is 0 Å². The van der Waals surface area contributed by atoms with Crippen LogP contribution in [0.15, 0.2) is 17.4 Å². The third kappa shape index (κ3) is 6.99. The minimum absolute atomic E-state index is 0.0607. The second-order valence-corrected chi connectivity index (χ2v) is 1.95. The van der Waals surface area contributed by atoms with Gasteiger partial charge in [-0.15, -0.1) is 5.73 Å². The minimum Gasteiger partial charge on any atom is -0.481 e. The molecule has 0 spiro atoms. The Morgan fingerprint density at radius 3 is 2.56 bits per heavy atom. The zero-order valence-electron chi connectivity index (χ0n) is 5.64. The number of carbonyl (C=O) groups is 1. The average Bonchev–Trinajstić information content (AvgIpc) is 1.63. The summed E-state index contributed by atoms with van der Waals surface area (Å²) in [6.45, 7) is 3.75. The Labute approximate surface area is 54.5 Å². The van der Waals surface area contributed by atoms with Crippen LogP contribution in [0.5, 0.6) is 0 Å². The molecule has 0 rings (SSSR count). The number of carboxylic acid groups (broad SMARTS) is 1. The van der Waals surface area contributed by atoms with Crippen LogP contribution in [-0.2, 0) is 4.79 Å². The molecule has 0 fully saturated rings. The van der Waals surface area contributed by atoms with E-state index in [2.05, 4.69) is 5.73 Å². The predicted octanol–water partition coefficient (Wildman–Crippen LogP) is 1.58. The summed E-state index contributed by atoms with van der Waals surface area (Å²) in [5.41, 5.74) is 3.78. The Hall–Kier alpha value is -1.01. The van der Waals surface area contributed by atoms with Crippen LogP contribution < -0.4 is 0 Å². The van der Waals surface area contributed by atoms with Gasteiger partial charge in [0, 0.05) is 0 Å². The van der Waals surface area contributed by atoms with Crippen molar-refractivity contribution < 1.29 is 9.90 Å². The van der Waals surface area contributed by atoms with Crippen molar-refractivity contribution in [1.82, 2.24) is 0 Å². The van der Waals surface area contributed by atoms with E-state index in [9.17, 15) is 4.79 Å². The summed E-state index contributed by atoms with van der Waals surface area (Å²) in [7, 11) is 0. The molecule has 0 aromatic heterocycles. The molecule has 0 aliphatic carbocycles. The quantitative estimate of drug-likeness (QED) is 0.570. The largest absolute Gasteiger partial charge is 0.481 e. The zero-order valence-corrected chi connectivity index (χ0v) is 5.64. The predicted molar refractivity (Wildman–Crippen MR) is 35.2 cm³/mol. The van der Waals surface area contributed by atoms with Gasteiger partial charge in [0.25, 0.3) is 0 Å². The molecule has 9 heavy (non-hydrogen) atoms. The first-order chi connectivity index (χ1) is 4.13. The van der Waals surface area contributed by atoms with E-state index in [1.54, 1.807) is 0 Å². The fourth-order valence-electron chi connectivity index (χ4n) is 0.342. The van der Waals surface area contributed by atoms with E-state index < -0.39 is 5.97 Å². The van der Waals surface area contributed by atoms with E-state index in [1.165, 1.54) is 6.08 Å². The Bertz CT molecular complexity index is 158. The lowest BCUT2D eigenvalue weighted by atomic mass is 10.3. The van der Waals surface area contributed by atoms with Gasteiger partial charge in [0.1, 0.15) is 0 Å².